The fourth-order valence-corrected chi connectivity index (χ4v) is 2.31. The lowest BCUT2D eigenvalue weighted by Gasteiger charge is -2.28. The van der Waals surface area contributed by atoms with Crippen LogP contribution >= 0.6 is 0 Å². The lowest BCUT2D eigenvalue weighted by Crippen LogP contribution is -2.45. The number of carbonyl (C=O) groups excluding carboxylic acids is 1. The van der Waals surface area contributed by atoms with Gasteiger partial charge in [0.2, 0.25) is 6.10 Å². The highest BCUT2D eigenvalue weighted by molar-refractivity contribution is 6.04. The van der Waals surface area contributed by atoms with E-state index in [1.54, 1.807) is 17.0 Å². The summed E-state index contributed by atoms with van der Waals surface area (Å²) in [7, 11) is 0. The Morgan fingerprint density at radius 3 is 2.65 bits per heavy atom. The van der Waals surface area contributed by atoms with E-state index in [9.17, 15) is 9.18 Å². The van der Waals surface area contributed by atoms with Gasteiger partial charge in [-0.25, -0.2) is 4.39 Å². The van der Waals surface area contributed by atoms with Crippen molar-refractivity contribution in [1.29, 1.82) is 0 Å². The van der Waals surface area contributed by atoms with Crippen molar-refractivity contribution in [3.8, 4) is 0 Å². The lowest BCUT2D eigenvalue weighted by molar-refractivity contribution is -0.146. The molecule has 2 aliphatic rings. The summed E-state index contributed by atoms with van der Waals surface area (Å²) in [6, 6.07) is 6.02. The molecule has 3 rings (SSSR count). The zero-order chi connectivity index (χ0) is 13.9. The highest BCUT2D eigenvalue weighted by Gasteiger charge is 2.32. The number of ether oxygens (including phenoxy) is 1. The molecule has 20 heavy (non-hydrogen) atoms. The summed E-state index contributed by atoms with van der Waals surface area (Å²) in [6.45, 7) is 2.30. The third-order valence-corrected chi connectivity index (χ3v) is 3.44. The van der Waals surface area contributed by atoms with E-state index in [2.05, 4.69) is 5.16 Å². The van der Waals surface area contributed by atoms with E-state index >= 15 is 0 Å². The van der Waals surface area contributed by atoms with Crippen LogP contribution in [0.4, 0.5) is 4.39 Å². The molecule has 106 valence electrons. The summed E-state index contributed by atoms with van der Waals surface area (Å²) >= 11 is 0. The Hall–Kier alpha value is -1.95. The van der Waals surface area contributed by atoms with Gasteiger partial charge in [-0.1, -0.05) is 17.3 Å². The fourth-order valence-electron chi connectivity index (χ4n) is 2.31. The molecule has 1 atom stereocenters. The topological polar surface area (TPSA) is 51.1 Å². The number of oxime groups is 1. The largest absolute Gasteiger partial charge is 0.382 e. The zero-order valence-corrected chi connectivity index (χ0v) is 10.9. The predicted molar refractivity (Wildman–Crippen MR) is 69.8 cm³/mol. The van der Waals surface area contributed by atoms with E-state index < -0.39 is 6.10 Å². The molecule has 0 unspecified atom stereocenters. The number of rotatable bonds is 2. The van der Waals surface area contributed by atoms with E-state index in [1.807, 2.05) is 0 Å². The Morgan fingerprint density at radius 2 is 1.95 bits per heavy atom. The molecular formula is C14H15FN2O3. The van der Waals surface area contributed by atoms with Crippen LogP contribution in [0.25, 0.3) is 0 Å². The molecule has 0 saturated carbocycles. The lowest BCUT2D eigenvalue weighted by atomic mass is 10.0. The van der Waals surface area contributed by atoms with Gasteiger partial charge in [0.05, 0.1) is 18.9 Å². The van der Waals surface area contributed by atoms with Crippen LogP contribution < -0.4 is 0 Å². The van der Waals surface area contributed by atoms with Crippen LogP contribution in [0.2, 0.25) is 0 Å². The molecule has 1 amide bonds. The summed E-state index contributed by atoms with van der Waals surface area (Å²) in [5.41, 5.74) is 1.46. The molecule has 1 fully saturated rings. The van der Waals surface area contributed by atoms with Crippen molar-refractivity contribution in [2.24, 2.45) is 5.16 Å². The average Bonchev–Trinajstić information content (AvgIpc) is 2.98. The van der Waals surface area contributed by atoms with Crippen LogP contribution in [0.5, 0.6) is 0 Å². The van der Waals surface area contributed by atoms with Gasteiger partial charge in [0.15, 0.2) is 0 Å². The molecule has 0 bridgehead atoms. The van der Waals surface area contributed by atoms with Crippen LogP contribution in [0.1, 0.15) is 12.0 Å². The van der Waals surface area contributed by atoms with Crippen LogP contribution in [0, 0.1) is 5.82 Å². The zero-order valence-electron chi connectivity index (χ0n) is 10.9. The highest BCUT2D eigenvalue weighted by atomic mass is 19.1. The van der Waals surface area contributed by atoms with E-state index in [1.165, 1.54) is 12.1 Å². The fraction of sp³-hybridized carbons (Fsp3) is 0.429. The van der Waals surface area contributed by atoms with Gasteiger partial charge in [0.25, 0.3) is 5.91 Å². The number of benzene rings is 1. The minimum absolute atomic E-state index is 0.0610. The van der Waals surface area contributed by atoms with Crippen molar-refractivity contribution in [2.75, 3.05) is 26.3 Å². The van der Waals surface area contributed by atoms with Gasteiger partial charge in [-0.3, -0.25) is 4.79 Å². The molecule has 0 aromatic heterocycles. The van der Waals surface area contributed by atoms with Crippen molar-refractivity contribution in [2.45, 2.75) is 12.5 Å². The maximum Gasteiger partial charge on any atom is 0.267 e. The molecule has 1 aromatic rings. The number of hydrogen-bond donors (Lipinski definition) is 0. The first kappa shape index (κ1) is 13.1. The maximum atomic E-state index is 12.9. The van der Waals surface area contributed by atoms with Gasteiger partial charge < -0.3 is 14.5 Å². The normalized spacial score (nSPS) is 22.4. The summed E-state index contributed by atoms with van der Waals surface area (Å²) in [5.74, 6) is -0.358. The Kier molecular flexibility index (Phi) is 3.64. The number of amides is 1. The van der Waals surface area contributed by atoms with E-state index in [0.717, 1.165) is 5.56 Å². The molecule has 1 aromatic carbocycles. The standard InChI is InChI=1S/C14H15FN2O3/c15-11-3-1-10(2-4-11)12-9-13(20-16-12)14(18)17-5-7-19-8-6-17/h1-4,13H,5-9H2/t13-/m0/s1. The van der Waals surface area contributed by atoms with Gasteiger partial charge in [0.1, 0.15) is 5.82 Å². The van der Waals surface area contributed by atoms with Crippen LogP contribution in [0.15, 0.2) is 29.4 Å². The highest BCUT2D eigenvalue weighted by Crippen LogP contribution is 2.19. The van der Waals surface area contributed by atoms with E-state index in [-0.39, 0.29) is 11.7 Å². The quantitative estimate of drug-likeness (QED) is 0.816. The molecule has 0 aliphatic carbocycles. The molecule has 5 nitrogen and oxygen atoms in total. The number of carbonyl (C=O) groups is 1. The molecule has 0 spiro atoms. The third kappa shape index (κ3) is 2.65. The minimum atomic E-state index is -0.576. The molecule has 2 aliphatic heterocycles. The Labute approximate surface area is 116 Å². The van der Waals surface area contributed by atoms with Gasteiger partial charge in [-0.15, -0.1) is 0 Å². The Balaban J connectivity index is 1.63. The first-order valence-corrected chi connectivity index (χ1v) is 6.59. The Bertz CT molecular complexity index is 524. The predicted octanol–water partition coefficient (Wildman–Crippen LogP) is 1.18. The average molecular weight is 278 g/mol. The third-order valence-electron chi connectivity index (χ3n) is 3.44. The monoisotopic (exact) mass is 278 g/mol. The molecule has 2 heterocycles. The van der Waals surface area contributed by atoms with Crippen molar-refractivity contribution in [3.05, 3.63) is 35.6 Å². The molecule has 6 heteroatoms. The SMILES string of the molecule is O=C([C@@H]1CC(c2ccc(F)cc2)=NO1)N1CCOCC1. The second-order valence-electron chi connectivity index (χ2n) is 4.78. The first-order valence-electron chi connectivity index (χ1n) is 6.59. The molecule has 0 radical (unpaired) electrons. The molecule has 1 saturated heterocycles. The summed E-state index contributed by atoms with van der Waals surface area (Å²) in [4.78, 5) is 19.2. The van der Waals surface area contributed by atoms with Gasteiger partial charge in [-0.2, -0.15) is 0 Å². The van der Waals surface area contributed by atoms with Crippen LogP contribution in [-0.2, 0) is 14.4 Å². The van der Waals surface area contributed by atoms with Crippen molar-refractivity contribution >= 4 is 11.6 Å². The number of nitrogens with zero attached hydrogens (tertiary/aromatic N) is 2. The molecule has 0 N–H and O–H groups in total. The maximum absolute atomic E-state index is 12.9. The number of halogens is 1. The van der Waals surface area contributed by atoms with Gasteiger partial charge >= 0.3 is 0 Å². The second kappa shape index (κ2) is 5.58. The summed E-state index contributed by atoms with van der Waals surface area (Å²) < 4.78 is 18.1. The summed E-state index contributed by atoms with van der Waals surface area (Å²) in [6.07, 6.45) is -0.157. The minimum Gasteiger partial charge on any atom is -0.382 e. The van der Waals surface area contributed by atoms with Gasteiger partial charge in [-0.05, 0) is 17.7 Å². The second-order valence-corrected chi connectivity index (χ2v) is 4.78. The van der Waals surface area contributed by atoms with Gasteiger partial charge in [0, 0.05) is 19.5 Å². The van der Waals surface area contributed by atoms with E-state index in [0.29, 0.717) is 38.4 Å². The van der Waals surface area contributed by atoms with Crippen molar-refractivity contribution in [1.82, 2.24) is 4.90 Å². The number of morpholine rings is 1. The van der Waals surface area contributed by atoms with Crippen LogP contribution in [0.3, 0.4) is 0 Å². The number of hydrogen-bond acceptors (Lipinski definition) is 4. The Morgan fingerprint density at radius 1 is 1.25 bits per heavy atom. The van der Waals surface area contributed by atoms with Crippen molar-refractivity contribution in [3.63, 3.8) is 0 Å². The first-order chi connectivity index (χ1) is 9.74. The molecular weight excluding hydrogens is 263 g/mol. The smallest absolute Gasteiger partial charge is 0.267 e. The summed E-state index contributed by atoms with van der Waals surface area (Å²) in [5, 5.41) is 3.95. The van der Waals surface area contributed by atoms with E-state index in [4.69, 9.17) is 9.57 Å². The van der Waals surface area contributed by atoms with Crippen LogP contribution in [-0.4, -0.2) is 48.9 Å². The van der Waals surface area contributed by atoms with Crippen molar-refractivity contribution < 1.29 is 18.8 Å².